The number of halogens is 4. The molecule has 11 nitrogen and oxygen atoms in total. The second-order valence-corrected chi connectivity index (χ2v) is 15.7. The van der Waals surface area contributed by atoms with Gasteiger partial charge in [0.2, 0.25) is 0 Å². The Morgan fingerprint density at radius 1 is 1.38 bits per heavy atom. The minimum absolute atomic E-state index is 0.0807. The van der Waals surface area contributed by atoms with Crippen molar-refractivity contribution < 1.29 is 22.7 Å². The van der Waals surface area contributed by atoms with Crippen molar-refractivity contribution >= 4 is 48.8 Å². The first kappa shape index (κ1) is 27.9. The number of hydrogen-bond acceptors (Lipinski definition) is 9. The van der Waals surface area contributed by atoms with Crippen LogP contribution in [0.2, 0.25) is 0 Å². The first-order valence-corrected chi connectivity index (χ1v) is 16.1. The molecule has 0 radical (unpaired) electrons. The normalized spacial score (nSPS) is 20.7. The zero-order valence-electron chi connectivity index (χ0n) is 21.7. The van der Waals surface area contributed by atoms with Crippen LogP contribution in [0.1, 0.15) is 19.8 Å². The summed E-state index contributed by atoms with van der Waals surface area (Å²) in [5.41, 5.74) is 8.67. The molecule has 3 aromatic rings. The number of carbonyl (C=O) groups is 1. The van der Waals surface area contributed by atoms with E-state index in [9.17, 15) is 18.8 Å². The quantitative estimate of drug-likeness (QED) is 0.120. The number of amides is 1. The molecule has 1 unspecified atom stereocenters. The molecule has 15 heteroatoms. The summed E-state index contributed by atoms with van der Waals surface area (Å²) in [4.78, 5) is 18.7. The van der Waals surface area contributed by atoms with E-state index in [4.69, 9.17) is 10.3 Å². The Morgan fingerprint density at radius 2 is 2.15 bits per heavy atom. The topological polar surface area (TPSA) is 144 Å². The number of fused-ring (bicyclic) bond motifs is 1. The van der Waals surface area contributed by atoms with Crippen molar-refractivity contribution in [1.82, 2.24) is 19.5 Å². The average Bonchev–Trinajstić information content (AvgIpc) is 3.63. The summed E-state index contributed by atoms with van der Waals surface area (Å²) in [5, 5.41) is 19.9. The van der Waals surface area contributed by atoms with E-state index in [0.717, 1.165) is 0 Å². The van der Waals surface area contributed by atoms with Gasteiger partial charge in [0.05, 0.1) is 0 Å². The number of ether oxygens (including phenoxy) is 1. The number of alkyl halides is 5. The van der Waals surface area contributed by atoms with Gasteiger partial charge in [-0.2, -0.15) is 0 Å². The fourth-order valence-electron chi connectivity index (χ4n) is 4.63. The number of nitrogens with one attached hydrogen (secondary N) is 3. The van der Waals surface area contributed by atoms with Gasteiger partial charge in [0.25, 0.3) is 0 Å². The van der Waals surface area contributed by atoms with Gasteiger partial charge in [0.1, 0.15) is 0 Å². The molecule has 1 saturated heterocycles. The van der Waals surface area contributed by atoms with Crippen molar-refractivity contribution in [3.8, 4) is 23.1 Å². The van der Waals surface area contributed by atoms with Crippen LogP contribution in [-0.2, 0) is 4.79 Å². The molecule has 1 aliphatic carbocycles. The summed E-state index contributed by atoms with van der Waals surface area (Å²) in [5.74, 6) is 0.132. The van der Waals surface area contributed by atoms with E-state index in [1.807, 2.05) is 0 Å². The van der Waals surface area contributed by atoms with E-state index in [2.05, 4.69) is 30.1 Å². The molecule has 2 aliphatic rings. The first-order chi connectivity index (χ1) is 19.1. The summed E-state index contributed by atoms with van der Waals surface area (Å²) < 4.78 is 50.5. The van der Waals surface area contributed by atoms with Gasteiger partial charge in [-0.05, 0) is 0 Å². The molecule has 2 fully saturated rings. The summed E-state index contributed by atoms with van der Waals surface area (Å²) in [6, 6.07) is 8.73. The van der Waals surface area contributed by atoms with E-state index in [0.29, 0.717) is 40.5 Å². The van der Waals surface area contributed by atoms with E-state index in [1.54, 1.807) is 35.0 Å². The fourth-order valence-corrected chi connectivity index (χ4v) is 9.29. The van der Waals surface area contributed by atoms with Crippen LogP contribution in [0.15, 0.2) is 35.6 Å². The Hall–Kier alpha value is -3.68. The molecule has 3 heterocycles. The van der Waals surface area contributed by atoms with Gasteiger partial charge in [-0.25, -0.2) is 8.78 Å². The van der Waals surface area contributed by atoms with Crippen molar-refractivity contribution in [1.29, 1.82) is 10.8 Å². The van der Waals surface area contributed by atoms with Crippen LogP contribution in [0.3, 0.4) is 0 Å². The Morgan fingerprint density at radius 3 is 2.77 bits per heavy atom. The predicted octanol–water partition coefficient (Wildman–Crippen LogP) is 5.41. The van der Waals surface area contributed by atoms with Crippen LogP contribution in [0.25, 0.3) is 16.6 Å². The molecule has 1 atom stereocenters. The van der Waals surface area contributed by atoms with Crippen molar-refractivity contribution in [2.75, 3.05) is 40.0 Å². The van der Waals surface area contributed by atoms with Crippen molar-refractivity contribution in [2.24, 2.45) is 10.5 Å². The number of rotatable bonds is 9. The molecule has 40 heavy (non-hydrogen) atoms. The Kier molecular flexibility index (Phi) is 7.46. The molecule has 0 bridgehead atoms. The van der Waals surface area contributed by atoms with Crippen LogP contribution in [0, 0.1) is 22.3 Å². The molecule has 3 N–H and O–H groups in total. The Balaban J connectivity index is 1.39. The van der Waals surface area contributed by atoms with E-state index < -0.39 is 42.2 Å². The van der Waals surface area contributed by atoms with Gasteiger partial charge in [-0.1, -0.05) is 0 Å². The van der Waals surface area contributed by atoms with Gasteiger partial charge in [0.15, 0.2) is 0 Å². The number of nitriles is 1. The SMILES string of the molecule is COc1nc(NI2CCN(C(=O)C3(C#N)CC3)CC2(C)F)nn2ccc(-c3ccc(N=N)c(NCC(F)F)c3)c12. The van der Waals surface area contributed by atoms with Gasteiger partial charge >= 0.3 is 227 Å². The molecule has 2 aromatic heterocycles. The summed E-state index contributed by atoms with van der Waals surface area (Å²) in [6.45, 7) is 1.18. The maximum absolute atomic E-state index is 15.8. The maximum atomic E-state index is 15.8. The van der Waals surface area contributed by atoms with Gasteiger partial charge in [-0.3, -0.25) is 0 Å². The Labute approximate surface area is 235 Å². The number of benzene rings is 1. The zero-order valence-corrected chi connectivity index (χ0v) is 23.9. The number of methoxy groups -OCH3 is 1. The third-order valence-corrected chi connectivity index (χ3v) is 12.6. The molecule has 0 spiro atoms. The van der Waals surface area contributed by atoms with E-state index >= 15 is 4.39 Å². The third-order valence-electron chi connectivity index (χ3n) is 6.89. The van der Waals surface area contributed by atoms with Crippen molar-refractivity contribution in [3.63, 3.8) is 0 Å². The standard InChI is InChI=1S/C25H27F3IN9O2/c1-24(28)14-37(22(39)25(13-30)6-7-25)10-8-29(24)34-23-33-21(40-2)20-16(5-9-38(20)36-23)15-3-4-17(35-31)18(11-15)32-12-19(26)27/h3-5,9,11,19,31-32H,6-8,10,12,14H2,1-2H3,(H,34,36). The summed E-state index contributed by atoms with van der Waals surface area (Å²) in [6.07, 6.45) is 0.149. The molecule has 212 valence electrons. The van der Waals surface area contributed by atoms with Gasteiger partial charge in [-0.15, -0.1) is 0 Å². The van der Waals surface area contributed by atoms with Gasteiger partial charge < -0.3 is 0 Å². The summed E-state index contributed by atoms with van der Waals surface area (Å²) >= 11 is -2.58. The number of aromatic nitrogens is 3. The molecule has 1 saturated carbocycles. The zero-order chi connectivity index (χ0) is 28.7. The number of hydrogen-bond donors (Lipinski definition) is 3. The van der Waals surface area contributed by atoms with Crippen molar-refractivity contribution in [3.05, 3.63) is 30.5 Å². The molecular formula is C25H27F3IN9O2. The van der Waals surface area contributed by atoms with E-state index in [1.165, 1.54) is 18.9 Å². The van der Waals surface area contributed by atoms with Crippen LogP contribution in [0.4, 0.5) is 30.5 Å². The van der Waals surface area contributed by atoms with Crippen LogP contribution in [0.5, 0.6) is 5.88 Å². The Bertz CT molecular complexity index is 1500. The molecule has 1 aromatic carbocycles. The predicted molar refractivity (Wildman–Crippen MR) is 150 cm³/mol. The molecule has 1 aliphatic heterocycles. The first-order valence-electron chi connectivity index (χ1n) is 12.4. The van der Waals surface area contributed by atoms with Crippen molar-refractivity contribution in [2.45, 2.75) is 29.9 Å². The number of carbonyl (C=O) groups excluding carboxylic acids is 1. The molecule has 1 amide bonds. The number of anilines is 2. The molecular weight excluding hydrogens is 642 g/mol. The van der Waals surface area contributed by atoms with Crippen LogP contribution < -0.4 is 13.6 Å². The number of nitrogens with zero attached hydrogens (tertiary/aromatic N) is 6. The van der Waals surface area contributed by atoms with Crippen LogP contribution in [-0.4, -0.2) is 66.7 Å². The second kappa shape index (κ2) is 10.7. The average molecular weight is 669 g/mol. The monoisotopic (exact) mass is 669 g/mol. The summed E-state index contributed by atoms with van der Waals surface area (Å²) in [7, 11) is 1.45. The second-order valence-electron chi connectivity index (χ2n) is 9.72. The third kappa shape index (κ3) is 5.23. The van der Waals surface area contributed by atoms with Gasteiger partial charge in [0, 0.05) is 0 Å². The fraction of sp³-hybridized carbons (Fsp3) is 0.440. The minimum atomic E-state index is -2.58. The molecule has 5 rings (SSSR count). The van der Waals surface area contributed by atoms with Crippen LogP contribution >= 0.6 is 20.1 Å². The van der Waals surface area contributed by atoms with E-state index in [-0.39, 0.29) is 35.7 Å².